The van der Waals surface area contributed by atoms with Gasteiger partial charge in [-0.3, -0.25) is 9.36 Å². The van der Waals surface area contributed by atoms with Gasteiger partial charge < -0.3 is 9.42 Å². The van der Waals surface area contributed by atoms with E-state index in [1.54, 1.807) is 0 Å². The highest BCUT2D eigenvalue weighted by Crippen LogP contribution is 2.21. The van der Waals surface area contributed by atoms with Crippen LogP contribution in [0.5, 0.6) is 0 Å². The van der Waals surface area contributed by atoms with E-state index in [0.717, 1.165) is 5.56 Å². The maximum absolute atomic E-state index is 12.8. The van der Waals surface area contributed by atoms with Crippen molar-refractivity contribution in [3.05, 3.63) is 60.3 Å². The van der Waals surface area contributed by atoms with Gasteiger partial charge >= 0.3 is 6.55 Å². The molecule has 1 amide bonds. The second kappa shape index (κ2) is 6.61. The van der Waals surface area contributed by atoms with E-state index in [1.165, 1.54) is 30.4 Å². The van der Waals surface area contributed by atoms with Crippen molar-refractivity contribution in [2.75, 3.05) is 7.05 Å². The van der Waals surface area contributed by atoms with Gasteiger partial charge in [-0.05, 0) is 0 Å². The number of hydrogen-bond acceptors (Lipinski definition) is 4. The number of alkyl halides is 2. The highest BCUT2D eigenvalue weighted by Gasteiger charge is 2.20. The Hall–Kier alpha value is -3.03. The van der Waals surface area contributed by atoms with Crippen LogP contribution in [0.4, 0.5) is 8.78 Å². The van der Waals surface area contributed by atoms with E-state index in [2.05, 4.69) is 10.1 Å². The molecule has 0 spiro atoms. The normalized spacial score (nSPS) is 11.0. The summed E-state index contributed by atoms with van der Waals surface area (Å²) in [6.45, 7) is -2.77. The van der Waals surface area contributed by atoms with Crippen molar-refractivity contribution in [3.8, 4) is 11.3 Å². The topological polar surface area (TPSA) is 64.2 Å². The van der Waals surface area contributed by atoms with Gasteiger partial charge in [-0.2, -0.15) is 8.78 Å². The highest BCUT2D eigenvalue weighted by molar-refractivity contribution is 5.92. The van der Waals surface area contributed by atoms with Crippen molar-refractivity contribution in [3.63, 3.8) is 0 Å². The van der Waals surface area contributed by atoms with Gasteiger partial charge in [0.05, 0.1) is 6.54 Å². The third-order valence-electron chi connectivity index (χ3n) is 3.47. The van der Waals surface area contributed by atoms with Gasteiger partial charge in [0.1, 0.15) is 5.82 Å². The summed E-state index contributed by atoms with van der Waals surface area (Å²) in [6, 6.07) is 10.7. The van der Waals surface area contributed by atoms with Crippen LogP contribution in [0.2, 0.25) is 0 Å². The average Bonchev–Trinajstić information content (AvgIpc) is 3.24. The number of aromatic nitrogens is 3. The molecule has 0 saturated carbocycles. The molecule has 6 nitrogen and oxygen atoms in total. The van der Waals surface area contributed by atoms with Crippen molar-refractivity contribution in [1.29, 1.82) is 0 Å². The highest BCUT2D eigenvalue weighted by atomic mass is 19.3. The van der Waals surface area contributed by atoms with E-state index < -0.39 is 12.5 Å². The Bertz CT molecular complexity index is 829. The lowest BCUT2D eigenvalue weighted by Crippen LogP contribution is -2.28. The zero-order valence-corrected chi connectivity index (χ0v) is 12.8. The van der Waals surface area contributed by atoms with Crippen LogP contribution in [-0.4, -0.2) is 32.6 Å². The molecule has 2 heterocycles. The quantitative estimate of drug-likeness (QED) is 0.720. The fourth-order valence-corrected chi connectivity index (χ4v) is 2.24. The minimum absolute atomic E-state index is 0.0658. The SMILES string of the molecule is CN(Cc1nccn1C(F)F)C(=O)c1cc(-c2ccccc2)on1. The molecule has 8 heteroatoms. The first-order valence-electron chi connectivity index (χ1n) is 7.13. The van der Waals surface area contributed by atoms with Crippen LogP contribution in [-0.2, 0) is 6.54 Å². The van der Waals surface area contributed by atoms with Crippen LogP contribution < -0.4 is 0 Å². The lowest BCUT2D eigenvalue weighted by Gasteiger charge is -2.16. The molecule has 0 radical (unpaired) electrons. The lowest BCUT2D eigenvalue weighted by molar-refractivity contribution is 0.0610. The summed E-state index contributed by atoms with van der Waals surface area (Å²) in [7, 11) is 1.49. The Morgan fingerprint density at radius 2 is 2.08 bits per heavy atom. The monoisotopic (exact) mass is 332 g/mol. The zero-order chi connectivity index (χ0) is 17.1. The van der Waals surface area contributed by atoms with E-state index in [-0.39, 0.29) is 18.1 Å². The van der Waals surface area contributed by atoms with Crippen molar-refractivity contribution >= 4 is 5.91 Å². The maximum Gasteiger partial charge on any atom is 0.319 e. The number of hydrogen-bond donors (Lipinski definition) is 0. The third kappa shape index (κ3) is 3.17. The van der Waals surface area contributed by atoms with Crippen LogP contribution in [0.25, 0.3) is 11.3 Å². The molecule has 1 aromatic carbocycles. The summed E-state index contributed by atoms with van der Waals surface area (Å²) in [5.41, 5.74) is 0.895. The Balaban J connectivity index is 1.74. The van der Waals surface area contributed by atoms with E-state index in [4.69, 9.17) is 4.52 Å². The molecule has 0 N–H and O–H groups in total. The molecule has 0 saturated heterocycles. The van der Waals surface area contributed by atoms with Gasteiger partial charge in [0, 0.05) is 31.1 Å². The lowest BCUT2D eigenvalue weighted by atomic mass is 10.1. The molecule has 0 unspecified atom stereocenters. The molecule has 0 fully saturated rings. The molecule has 0 aliphatic carbocycles. The van der Waals surface area contributed by atoms with Crippen LogP contribution in [0.3, 0.4) is 0 Å². The smallest absolute Gasteiger partial charge is 0.319 e. The Labute approximate surface area is 136 Å². The number of amides is 1. The van der Waals surface area contributed by atoms with Crippen molar-refractivity contribution in [1.82, 2.24) is 19.6 Å². The van der Waals surface area contributed by atoms with Gasteiger partial charge in [-0.15, -0.1) is 0 Å². The first kappa shape index (κ1) is 15.9. The number of imidazole rings is 1. The summed E-state index contributed by atoms with van der Waals surface area (Å²) >= 11 is 0. The van der Waals surface area contributed by atoms with E-state index >= 15 is 0 Å². The average molecular weight is 332 g/mol. The molecular weight excluding hydrogens is 318 g/mol. The summed E-state index contributed by atoms with van der Waals surface area (Å²) in [6.07, 6.45) is 2.44. The minimum Gasteiger partial charge on any atom is -0.355 e. The zero-order valence-electron chi connectivity index (χ0n) is 12.8. The summed E-state index contributed by atoms with van der Waals surface area (Å²) < 4.78 is 31.5. The summed E-state index contributed by atoms with van der Waals surface area (Å²) in [5, 5.41) is 3.76. The summed E-state index contributed by atoms with van der Waals surface area (Å²) in [5.74, 6) is 0.110. The first-order chi connectivity index (χ1) is 11.6. The molecule has 3 aromatic rings. The largest absolute Gasteiger partial charge is 0.355 e. The number of halogens is 2. The van der Waals surface area contributed by atoms with E-state index in [0.29, 0.717) is 10.3 Å². The predicted molar refractivity (Wildman–Crippen MR) is 81.2 cm³/mol. The molecule has 0 bridgehead atoms. The van der Waals surface area contributed by atoms with Crippen LogP contribution >= 0.6 is 0 Å². The van der Waals surface area contributed by atoms with Gasteiger partial charge in [-0.25, -0.2) is 4.98 Å². The Morgan fingerprint density at radius 3 is 2.79 bits per heavy atom. The number of carbonyl (C=O) groups is 1. The fourth-order valence-electron chi connectivity index (χ4n) is 2.24. The van der Waals surface area contributed by atoms with Gasteiger partial charge in [-0.1, -0.05) is 35.5 Å². The molecule has 24 heavy (non-hydrogen) atoms. The molecular formula is C16H14F2N4O2. The molecule has 0 aliphatic heterocycles. The minimum atomic E-state index is -2.71. The first-order valence-corrected chi connectivity index (χ1v) is 7.13. The Morgan fingerprint density at radius 1 is 1.33 bits per heavy atom. The van der Waals surface area contributed by atoms with E-state index in [1.807, 2.05) is 30.3 Å². The second-order valence-corrected chi connectivity index (χ2v) is 5.13. The number of benzene rings is 1. The maximum atomic E-state index is 12.8. The molecule has 0 aliphatic rings. The molecule has 124 valence electrons. The van der Waals surface area contributed by atoms with Crippen molar-refractivity contribution in [2.24, 2.45) is 0 Å². The molecule has 0 atom stereocenters. The van der Waals surface area contributed by atoms with Crippen molar-refractivity contribution in [2.45, 2.75) is 13.1 Å². The van der Waals surface area contributed by atoms with Crippen LogP contribution in [0, 0.1) is 0 Å². The van der Waals surface area contributed by atoms with Gasteiger partial charge in [0.25, 0.3) is 5.91 Å². The van der Waals surface area contributed by atoms with Crippen molar-refractivity contribution < 1.29 is 18.1 Å². The predicted octanol–water partition coefficient (Wildman–Crippen LogP) is 3.21. The number of nitrogens with zero attached hydrogens (tertiary/aromatic N) is 4. The number of rotatable bonds is 5. The standard InChI is InChI=1S/C16H14F2N4O2/c1-21(10-14-19-7-8-22(14)16(17)18)15(23)12-9-13(24-20-12)11-5-3-2-4-6-11/h2-9,16H,10H2,1H3. The second-order valence-electron chi connectivity index (χ2n) is 5.13. The fraction of sp³-hybridized carbons (Fsp3) is 0.188. The molecule has 2 aromatic heterocycles. The molecule has 3 rings (SSSR count). The Kier molecular flexibility index (Phi) is 4.37. The van der Waals surface area contributed by atoms with Gasteiger partial charge in [0.15, 0.2) is 11.5 Å². The van der Waals surface area contributed by atoms with Crippen LogP contribution in [0.1, 0.15) is 22.9 Å². The summed E-state index contributed by atoms with van der Waals surface area (Å²) in [4.78, 5) is 17.5. The van der Waals surface area contributed by atoms with E-state index in [9.17, 15) is 13.6 Å². The third-order valence-corrected chi connectivity index (χ3v) is 3.47. The van der Waals surface area contributed by atoms with Crippen LogP contribution in [0.15, 0.2) is 53.3 Å². The van der Waals surface area contributed by atoms with Gasteiger partial charge in [0.2, 0.25) is 0 Å². The number of carbonyl (C=O) groups excluding carboxylic acids is 1.